The second kappa shape index (κ2) is 10.8. The van der Waals surface area contributed by atoms with Crippen LogP contribution in [0.1, 0.15) is 18.1 Å². The van der Waals surface area contributed by atoms with Gasteiger partial charge in [0.1, 0.15) is 5.75 Å². The van der Waals surface area contributed by atoms with Crippen molar-refractivity contribution in [3.63, 3.8) is 0 Å². The molecule has 4 rings (SSSR count). The maximum Gasteiger partial charge on any atom is 0.199 e. The second-order valence-electron chi connectivity index (χ2n) is 7.92. The van der Waals surface area contributed by atoms with Crippen LogP contribution in [0.3, 0.4) is 0 Å². The minimum absolute atomic E-state index is 0.578. The van der Waals surface area contributed by atoms with Crippen molar-refractivity contribution in [2.24, 2.45) is 0 Å². The van der Waals surface area contributed by atoms with Crippen molar-refractivity contribution in [2.45, 2.75) is 26.7 Å². The number of ether oxygens (including phenoxy) is 1. The number of rotatable bonds is 9. The van der Waals surface area contributed by atoms with Crippen LogP contribution in [0.2, 0.25) is 5.02 Å². The zero-order chi connectivity index (χ0) is 23.2. The van der Waals surface area contributed by atoms with E-state index >= 15 is 0 Å². The molecule has 0 aliphatic rings. The molecular formula is C26H27ClN4OS. The first kappa shape index (κ1) is 23.2. The Morgan fingerprint density at radius 1 is 0.939 bits per heavy atom. The van der Waals surface area contributed by atoms with Crippen LogP contribution in [0.5, 0.6) is 5.75 Å². The van der Waals surface area contributed by atoms with Gasteiger partial charge >= 0.3 is 0 Å². The highest BCUT2D eigenvalue weighted by molar-refractivity contribution is 7.71. The molecule has 0 fully saturated rings. The predicted octanol–water partition coefficient (Wildman–Crippen LogP) is 6.27. The van der Waals surface area contributed by atoms with Gasteiger partial charge in [-0.25, -0.2) is 4.68 Å². The Balaban J connectivity index is 1.59. The standard InChI is InChI=1S/C26H27ClN4OS/c1-3-32-24-15-9-21(10-16-24)17-29(2)19-31-26(33)30(18-20-7-5-4-6-8-20)25(28-31)22-11-13-23(27)14-12-22/h4-16H,3,17-19H2,1-2H3. The van der Waals surface area contributed by atoms with E-state index in [0.717, 1.165) is 23.7 Å². The number of nitrogens with zero attached hydrogens (tertiary/aromatic N) is 4. The van der Waals surface area contributed by atoms with Gasteiger partial charge in [0.05, 0.1) is 19.8 Å². The van der Waals surface area contributed by atoms with Gasteiger partial charge in [0.25, 0.3) is 0 Å². The topological polar surface area (TPSA) is 35.2 Å². The molecule has 170 valence electrons. The third-order valence-electron chi connectivity index (χ3n) is 5.27. The molecule has 0 atom stereocenters. The zero-order valence-electron chi connectivity index (χ0n) is 18.8. The van der Waals surface area contributed by atoms with E-state index < -0.39 is 0 Å². The Morgan fingerprint density at radius 2 is 1.64 bits per heavy atom. The third kappa shape index (κ3) is 5.90. The molecule has 0 unspecified atom stereocenters. The Labute approximate surface area is 204 Å². The van der Waals surface area contributed by atoms with Crippen molar-refractivity contribution in [1.82, 2.24) is 19.2 Å². The molecule has 0 radical (unpaired) electrons. The molecule has 7 heteroatoms. The molecule has 3 aromatic carbocycles. The molecule has 1 aromatic heterocycles. The molecule has 0 saturated heterocycles. The number of aromatic nitrogens is 3. The maximum atomic E-state index is 6.11. The van der Waals surface area contributed by atoms with E-state index in [1.165, 1.54) is 11.1 Å². The Kier molecular flexibility index (Phi) is 7.60. The van der Waals surface area contributed by atoms with Gasteiger partial charge in [-0.3, -0.25) is 9.47 Å². The highest BCUT2D eigenvalue weighted by atomic mass is 35.5. The molecule has 0 aliphatic carbocycles. The fourth-order valence-corrected chi connectivity index (χ4v) is 4.08. The summed E-state index contributed by atoms with van der Waals surface area (Å²) in [5, 5.41) is 5.59. The average Bonchev–Trinajstić information content (AvgIpc) is 3.11. The van der Waals surface area contributed by atoms with Gasteiger partial charge in [0.2, 0.25) is 0 Å². The van der Waals surface area contributed by atoms with Crippen LogP contribution < -0.4 is 4.74 Å². The van der Waals surface area contributed by atoms with Crippen LogP contribution in [0.25, 0.3) is 11.4 Å². The maximum absolute atomic E-state index is 6.11. The van der Waals surface area contributed by atoms with E-state index in [-0.39, 0.29) is 0 Å². The molecule has 0 saturated carbocycles. The van der Waals surface area contributed by atoms with Gasteiger partial charge in [-0.15, -0.1) is 0 Å². The monoisotopic (exact) mass is 478 g/mol. The number of hydrogen-bond donors (Lipinski definition) is 0. The van der Waals surface area contributed by atoms with Gasteiger partial charge in [-0.1, -0.05) is 54.1 Å². The lowest BCUT2D eigenvalue weighted by Crippen LogP contribution is -2.22. The van der Waals surface area contributed by atoms with Crippen LogP contribution in [0.15, 0.2) is 78.9 Å². The molecular weight excluding hydrogens is 452 g/mol. The Bertz CT molecular complexity index is 1230. The fraction of sp³-hybridized carbons (Fsp3) is 0.231. The van der Waals surface area contributed by atoms with E-state index in [1.807, 2.05) is 66.2 Å². The number of halogens is 1. The van der Waals surface area contributed by atoms with Gasteiger partial charge in [-0.2, -0.15) is 5.10 Å². The highest BCUT2D eigenvalue weighted by Gasteiger charge is 2.15. The first-order valence-corrected chi connectivity index (χ1v) is 11.7. The van der Waals surface area contributed by atoms with E-state index in [4.69, 9.17) is 33.7 Å². The molecule has 33 heavy (non-hydrogen) atoms. The van der Waals surface area contributed by atoms with E-state index in [1.54, 1.807) is 0 Å². The van der Waals surface area contributed by atoms with Crippen molar-refractivity contribution in [2.75, 3.05) is 13.7 Å². The van der Waals surface area contributed by atoms with Crippen LogP contribution in [-0.2, 0) is 19.8 Å². The van der Waals surface area contributed by atoms with Crippen molar-refractivity contribution in [3.8, 4) is 17.1 Å². The lowest BCUT2D eigenvalue weighted by atomic mass is 10.2. The summed E-state index contributed by atoms with van der Waals surface area (Å²) in [7, 11) is 2.07. The summed E-state index contributed by atoms with van der Waals surface area (Å²) in [6.45, 7) is 4.66. The summed E-state index contributed by atoms with van der Waals surface area (Å²) in [5.41, 5.74) is 3.36. The third-order valence-corrected chi connectivity index (χ3v) is 5.95. The molecule has 0 bridgehead atoms. The summed E-state index contributed by atoms with van der Waals surface area (Å²) >= 11 is 12.0. The average molecular weight is 479 g/mol. The molecule has 1 heterocycles. The summed E-state index contributed by atoms with van der Waals surface area (Å²) in [6, 6.07) is 26.2. The molecule has 0 aliphatic heterocycles. The summed E-state index contributed by atoms with van der Waals surface area (Å²) < 4.78 is 10.2. The summed E-state index contributed by atoms with van der Waals surface area (Å²) in [5.74, 6) is 1.72. The van der Waals surface area contributed by atoms with Crippen LogP contribution in [0, 0.1) is 4.77 Å². The Hall–Kier alpha value is -2.93. The number of benzene rings is 3. The number of hydrogen-bond acceptors (Lipinski definition) is 4. The minimum atomic E-state index is 0.578. The predicted molar refractivity (Wildman–Crippen MR) is 136 cm³/mol. The second-order valence-corrected chi connectivity index (χ2v) is 8.72. The van der Waals surface area contributed by atoms with Crippen molar-refractivity contribution >= 4 is 23.8 Å². The van der Waals surface area contributed by atoms with E-state index in [0.29, 0.717) is 29.6 Å². The minimum Gasteiger partial charge on any atom is -0.494 e. The van der Waals surface area contributed by atoms with Gasteiger partial charge in [0.15, 0.2) is 10.6 Å². The molecule has 0 spiro atoms. The van der Waals surface area contributed by atoms with Crippen LogP contribution >= 0.6 is 23.8 Å². The molecule has 0 N–H and O–H groups in total. The van der Waals surface area contributed by atoms with Gasteiger partial charge in [0, 0.05) is 17.1 Å². The lowest BCUT2D eigenvalue weighted by Gasteiger charge is -2.16. The Morgan fingerprint density at radius 3 is 2.30 bits per heavy atom. The first-order chi connectivity index (χ1) is 16.0. The molecule has 4 aromatic rings. The largest absolute Gasteiger partial charge is 0.494 e. The first-order valence-electron chi connectivity index (χ1n) is 10.9. The lowest BCUT2D eigenvalue weighted by molar-refractivity contribution is 0.244. The fourth-order valence-electron chi connectivity index (χ4n) is 3.70. The van der Waals surface area contributed by atoms with Crippen molar-refractivity contribution < 1.29 is 4.74 Å². The van der Waals surface area contributed by atoms with Crippen molar-refractivity contribution in [3.05, 3.63) is 99.8 Å². The zero-order valence-corrected chi connectivity index (χ0v) is 20.4. The van der Waals surface area contributed by atoms with Crippen LogP contribution in [-0.4, -0.2) is 32.9 Å². The van der Waals surface area contributed by atoms with Crippen LogP contribution in [0.4, 0.5) is 0 Å². The smallest absolute Gasteiger partial charge is 0.199 e. The molecule has 5 nitrogen and oxygen atoms in total. The molecule has 0 amide bonds. The normalized spacial score (nSPS) is 11.2. The van der Waals surface area contributed by atoms with E-state index in [2.05, 4.69) is 40.8 Å². The summed E-state index contributed by atoms with van der Waals surface area (Å²) in [6.07, 6.45) is 0. The summed E-state index contributed by atoms with van der Waals surface area (Å²) in [4.78, 5) is 2.19. The van der Waals surface area contributed by atoms with Gasteiger partial charge < -0.3 is 4.74 Å². The van der Waals surface area contributed by atoms with Gasteiger partial charge in [-0.05, 0) is 73.7 Å². The highest BCUT2D eigenvalue weighted by Crippen LogP contribution is 2.22. The van der Waals surface area contributed by atoms with E-state index in [9.17, 15) is 0 Å². The SMILES string of the molecule is CCOc1ccc(CN(C)Cn2nc(-c3ccc(Cl)cc3)n(Cc3ccccc3)c2=S)cc1. The van der Waals surface area contributed by atoms with Crippen molar-refractivity contribution in [1.29, 1.82) is 0 Å². The quantitative estimate of drug-likeness (QED) is 0.265.